The normalized spacial score (nSPS) is 11.3. The number of carboxylic acids is 2. The molecule has 0 heterocycles. The van der Waals surface area contributed by atoms with E-state index in [1.807, 2.05) is 0 Å². The predicted octanol–water partition coefficient (Wildman–Crippen LogP) is -0.0718. The van der Waals surface area contributed by atoms with E-state index in [2.05, 4.69) is 10.9 Å². The van der Waals surface area contributed by atoms with E-state index < -0.39 is 40.1 Å². The van der Waals surface area contributed by atoms with Crippen LogP contribution in [0.2, 0.25) is 0 Å². The number of anilines is 1. The number of hydrazine groups is 1. The lowest BCUT2D eigenvalue weighted by atomic mass is 10.1. The fourth-order valence-electron chi connectivity index (χ4n) is 1.56. The van der Waals surface area contributed by atoms with Crippen molar-refractivity contribution < 1.29 is 29.5 Å². The summed E-state index contributed by atoms with van der Waals surface area (Å²) in [7, 11) is 0. The van der Waals surface area contributed by atoms with Crippen molar-refractivity contribution in [3.63, 3.8) is 0 Å². The molecule has 124 valence electrons. The molecule has 1 atom stereocenters. The molecule has 23 heavy (non-hydrogen) atoms. The Kier molecular flexibility index (Phi) is 5.97. The summed E-state index contributed by atoms with van der Waals surface area (Å²) in [5, 5.41) is 28.2. The van der Waals surface area contributed by atoms with Crippen LogP contribution in [0.15, 0.2) is 18.2 Å². The van der Waals surface area contributed by atoms with Gasteiger partial charge in [-0.1, -0.05) is 0 Å². The van der Waals surface area contributed by atoms with E-state index in [1.165, 1.54) is 6.07 Å². The number of nitro groups is 1. The molecular weight excluding hydrogens is 312 g/mol. The lowest BCUT2D eigenvalue weighted by Gasteiger charge is -2.10. The number of nitro benzene ring substituents is 1. The van der Waals surface area contributed by atoms with Gasteiger partial charge in [0.1, 0.15) is 11.6 Å². The average molecular weight is 326 g/mol. The van der Waals surface area contributed by atoms with Gasteiger partial charge in [0.15, 0.2) is 0 Å². The smallest absolute Gasteiger partial charge is 0.342 e. The Morgan fingerprint density at radius 1 is 1.30 bits per heavy atom. The number of carbonyl (C=O) groups excluding carboxylic acids is 1. The van der Waals surface area contributed by atoms with Crippen LogP contribution in [0, 0.1) is 10.1 Å². The third-order valence-electron chi connectivity index (χ3n) is 2.77. The molecule has 0 aliphatic carbocycles. The minimum atomic E-state index is -1.49. The van der Waals surface area contributed by atoms with Crippen molar-refractivity contribution in [3.05, 3.63) is 33.9 Å². The van der Waals surface area contributed by atoms with Crippen molar-refractivity contribution in [1.29, 1.82) is 0 Å². The van der Waals surface area contributed by atoms with Gasteiger partial charge in [-0.25, -0.2) is 4.79 Å². The highest BCUT2D eigenvalue weighted by molar-refractivity contribution is 5.93. The van der Waals surface area contributed by atoms with Gasteiger partial charge in [0.05, 0.1) is 10.6 Å². The van der Waals surface area contributed by atoms with Gasteiger partial charge in [0, 0.05) is 12.5 Å². The Morgan fingerprint density at radius 3 is 2.48 bits per heavy atom. The van der Waals surface area contributed by atoms with E-state index in [9.17, 15) is 24.5 Å². The molecule has 0 radical (unpaired) electrons. The van der Waals surface area contributed by atoms with E-state index in [4.69, 9.17) is 15.9 Å². The molecule has 0 bridgehead atoms. The van der Waals surface area contributed by atoms with Crippen LogP contribution < -0.4 is 16.6 Å². The monoisotopic (exact) mass is 326 g/mol. The Morgan fingerprint density at radius 2 is 1.96 bits per heavy atom. The van der Waals surface area contributed by atoms with Crippen LogP contribution in [0.3, 0.4) is 0 Å². The number of rotatable bonds is 8. The van der Waals surface area contributed by atoms with Crippen molar-refractivity contribution in [3.8, 4) is 0 Å². The van der Waals surface area contributed by atoms with Crippen LogP contribution in [0.1, 0.15) is 23.2 Å². The minimum absolute atomic E-state index is 0.0799. The summed E-state index contributed by atoms with van der Waals surface area (Å²) in [5.74, 6) is -3.29. The van der Waals surface area contributed by atoms with E-state index in [-0.39, 0.29) is 18.5 Å². The number of nitrogens with one attached hydrogen (secondary N) is 2. The highest BCUT2D eigenvalue weighted by Crippen LogP contribution is 2.22. The number of aromatic carboxylic acids is 1. The Labute approximate surface area is 129 Å². The molecule has 0 saturated heterocycles. The maximum atomic E-state index is 11.5. The van der Waals surface area contributed by atoms with Gasteiger partial charge in [0.2, 0.25) is 5.91 Å². The Hall–Kier alpha value is -3.21. The summed E-state index contributed by atoms with van der Waals surface area (Å²) < 4.78 is 0. The lowest BCUT2D eigenvalue weighted by molar-refractivity contribution is -0.385. The molecule has 0 unspecified atom stereocenters. The number of carbonyl (C=O) groups is 3. The maximum Gasteiger partial charge on any atom is 0.342 e. The quantitative estimate of drug-likeness (QED) is 0.322. The minimum Gasteiger partial charge on any atom is -0.480 e. The van der Waals surface area contributed by atoms with E-state index in [0.717, 1.165) is 12.1 Å². The first-order valence-electron chi connectivity index (χ1n) is 6.27. The van der Waals surface area contributed by atoms with Gasteiger partial charge < -0.3 is 15.9 Å². The molecular formula is C12H14N4O7. The lowest BCUT2D eigenvalue weighted by Crippen LogP contribution is -2.34. The van der Waals surface area contributed by atoms with Crippen LogP contribution in [0.4, 0.5) is 11.4 Å². The van der Waals surface area contributed by atoms with Crippen molar-refractivity contribution >= 4 is 29.2 Å². The fraction of sp³-hybridized carbons (Fsp3) is 0.250. The molecule has 0 aliphatic rings. The number of nitrogens with zero attached hydrogens (tertiary/aromatic N) is 1. The maximum absolute atomic E-state index is 11.5. The third-order valence-corrected chi connectivity index (χ3v) is 2.77. The molecule has 1 aromatic rings. The van der Waals surface area contributed by atoms with Crippen LogP contribution in [0.5, 0.6) is 0 Å². The Balaban J connectivity index is 2.66. The number of hydrogen-bond donors (Lipinski definition) is 5. The van der Waals surface area contributed by atoms with E-state index in [1.54, 1.807) is 0 Å². The van der Waals surface area contributed by atoms with Crippen LogP contribution >= 0.6 is 0 Å². The molecule has 0 aromatic heterocycles. The summed E-state index contributed by atoms with van der Waals surface area (Å²) >= 11 is 0. The van der Waals surface area contributed by atoms with Gasteiger partial charge in [-0.2, -0.15) is 0 Å². The fourth-order valence-corrected chi connectivity index (χ4v) is 1.56. The van der Waals surface area contributed by atoms with Gasteiger partial charge in [-0.15, -0.1) is 0 Å². The van der Waals surface area contributed by atoms with Crippen molar-refractivity contribution in [2.75, 3.05) is 5.43 Å². The second-order valence-electron chi connectivity index (χ2n) is 4.45. The number of amides is 1. The van der Waals surface area contributed by atoms with Crippen LogP contribution in [-0.2, 0) is 9.59 Å². The third kappa shape index (κ3) is 5.24. The van der Waals surface area contributed by atoms with Crippen LogP contribution in [-0.4, -0.2) is 39.0 Å². The first-order valence-corrected chi connectivity index (χ1v) is 6.27. The number of nitrogens with two attached hydrogens (primary N) is 1. The molecule has 6 N–H and O–H groups in total. The second-order valence-corrected chi connectivity index (χ2v) is 4.45. The largest absolute Gasteiger partial charge is 0.480 e. The second kappa shape index (κ2) is 7.70. The van der Waals surface area contributed by atoms with Gasteiger partial charge in [-0.3, -0.25) is 30.6 Å². The number of hydrogen-bond acceptors (Lipinski definition) is 7. The number of aliphatic carboxylic acids is 1. The molecule has 0 saturated carbocycles. The number of carboxylic acid groups (broad SMARTS) is 2. The van der Waals surface area contributed by atoms with Crippen molar-refractivity contribution in [2.24, 2.45) is 5.73 Å². The van der Waals surface area contributed by atoms with E-state index in [0.29, 0.717) is 0 Å². The molecule has 1 amide bonds. The summed E-state index contributed by atoms with van der Waals surface area (Å²) in [5.41, 5.74) is 8.83. The molecule has 0 spiro atoms. The summed E-state index contributed by atoms with van der Waals surface area (Å²) in [6.45, 7) is 0. The predicted molar refractivity (Wildman–Crippen MR) is 76.7 cm³/mol. The van der Waals surface area contributed by atoms with Gasteiger partial charge >= 0.3 is 11.9 Å². The highest BCUT2D eigenvalue weighted by atomic mass is 16.6. The van der Waals surface area contributed by atoms with Gasteiger partial charge in [0.25, 0.3) is 5.69 Å². The zero-order valence-electron chi connectivity index (χ0n) is 11.7. The summed E-state index contributed by atoms with van der Waals surface area (Å²) in [4.78, 5) is 42.8. The first-order chi connectivity index (χ1) is 10.7. The molecule has 0 fully saturated rings. The molecule has 0 aliphatic heterocycles. The topological polar surface area (TPSA) is 185 Å². The first kappa shape index (κ1) is 17.8. The Bertz CT molecular complexity index is 646. The molecule has 11 nitrogen and oxygen atoms in total. The van der Waals surface area contributed by atoms with Crippen molar-refractivity contribution in [1.82, 2.24) is 5.43 Å². The standard InChI is InChI=1S/C12H14N4O7/c13-8(12(20)21)2-4-10(17)15-14-6-1-3-9(16(22)23)7(5-6)11(18)19/h1,3,5,8,14H,2,4,13H2,(H,15,17)(H,18,19)(H,20,21)/t8-/m0/s1. The zero-order valence-corrected chi connectivity index (χ0v) is 11.7. The summed E-state index contributed by atoms with van der Waals surface area (Å²) in [6, 6.07) is 2.02. The van der Waals surface area contributed by atoms with Gasteiger partial charge in [-0.05, 0) is 18.6 Å². The van der Waals surface area contributed by atoms with E-state index >= 15 is 0 Å². The van der Waals surface area contributed by atoms with Crippen LogP contribution in [0.25, 0.3) is 0 Å². The molecule has 1 aromatic carbocycles. The zero-order chi connectivity index (χ0) is 17.6. The SMILES string of the molecule is N[C@@H](CCC(=O)NNc1ccc([N+](=O)[O-])c(C(=O)O)c1)C(=O)O. The summed E-state index contributed by atoms with van der Waals surface area (Å²) in [6.07, 6.45) is -0.247. The highest BCUT2D eigenvalue weighted by Gasteiger charge is 2.20. The average Bonchev–Trinajstić information content (AvgIpc) is 2.49. The van der Waals surface area contributed by atoms with Crippen molar-refractivity contribution in [2.45, 2.75) is 18.9 Å². The molecule has 1 rings (SSSR count). The molecule has 11 heteroatoms. The number of benzene rings is 1.